The van der Waals surface area contributed by atoms with E-state index in [0.29, 0.717) is 17.7 Å². The second-order valence-electron chi connectivity index (χ2n) is 5.41. The molecule has 0 unspecified atom stereocenters. The Hall–Kier alpha value is -3.02. The Morgan fingerprint density at radius 3 is 2.32 bits per heavy atom. The molecule has 0 saturated heterocycles. The number of benzene rings is 2. The monoisotopic (exact) mass is 343 g/mol. The van der Waals surface area contributed by atoms with E-state index in [-0.39, 0.29) is 30.6 Å². The van der Waals surface area contributed by atoms with Gasteiger partial charge in [0.2, 0.25) is 5.89 Å². The van der Waals surface area contributed by atoms with Crippen molar-refractivity contribution >= 4 is 5.97 Å². The van der Waals surface area contributed by atoms with E-state index in [0.717, 1.165) is 5.56 Å². The lowest BCUT2D eigenvalue weighted by Gasteiger charge is -2.03. The lowest BCUT2D eigenvalue weighted by molar-refractivity contribution is -0.145. The fraction of sp³-hybridized carbons (Fsp3) is 0.158. The molecule has 0 fully saturated rings. The fourth-order valence-electron chi connectivity index (χ4n) is 2.24. The van der Waals surface area contributed by atoms with Crippen molar-refractivity contribution < 1.29 is 22.7 Å². The number of esters is 1. The third-order valence-electron chi connectivity index (χ3n) is 3.57. The lowest BCUT2D eigenvalue weighted by Crippen LogP contribution is -2.06. The standard InChI is InChI=1S/C19H15F2NO3/c20-15-6-1-13(2-7-15)3-10-19(23)24-12-18-22-11-17(25-18)14-4-8-16(21)9-5-14/h1-2,4-9,11H,3,10,12H2. The summed E-state index contributed by atoms with van der Waals surface area (Å²) in [5.41, 5.74) is 1.54. The van der Waals surface area contributed by atoms with Crippen molar-refractivity contribution in [2.45, 2.75) is 19.4 Å². The van der Waals surface area contributed by atoms with Gasteiger partial charge in [-0.05, 0) is 48.4 Å². The molecular weight excluding hydrogens is 328 g/mol. The summed E-state index contributed by atoms with van der Waals surface area (Å²) >= 11 is 0. The molecule has 1 aromatic heterocycles. The highest BCUT2D eigenvalue weighted by Gasteiger charge is 2.10. The molecule has 1 heterocycles. The van der Waals surface area contributed by atoms with Gasteiger partial charge in [0, 0.05) is 12.0 Å². The molecule has 0 atom stereocenters. The van der Waals surface area contributed by atoms with E-state index < -0.39 is 5.97 Å². The van der Waals surface area contributed by atoms with Gasteiger partial charge in [-0.1, -0.05) is 12.1 Å². The van der Waals surface area contributed by atoms with Gasteiger partial charge in [0.1, 0.15) is 11.6 Å². The predicted molar refractivity (Wildman–Crippen MR) is 86.4 cm³/mol. The first-order chi connectivity index (χ1) is 12.1. The van der Waals surface area contributed by atoms with Crippen LogP contribution in [-0.4, -0.2) is 11.0 Å². The van der Waals surface area contributed by atoms with Gasteiger partial charge >= 0.3 is 5.97 Å². The van der Waals surface area contributed by atoms with Crippen LogP contribution in [0.15, 0.2) is 59.1 Å². The zero-order valence-corrected chi connectivity index (χ0v) is 13.2. The van der Waals surface area contributed by atoms with Gasteiger partial charge in [0.25, 0.3) is 0 Å². The van der Waals surface area contributed by atoms with Gasteiger partial charge in [-0.15, -0.1) is 0 Å². The summed E-state index contributed by atoms with van der Waals surface area (Å²) in [6.07, 6.45) is 2.14. The molecule has 6 heteroatoms. The van der Waals surface area contributed by atoms with Crippen molar-refractivity contribution in [1.82, 2.24) is 4.98 Å². The number of nitrogens with zero attached hydrogens (tertiary/aromatic N) is 1. The molecule has 4 nitrogen and oxygen atoms in total. The Balaban J connectivity index is 1.49. The van der Waals surface area contributed by atoms with Crippen molar-refractivity contribution in [3.63, 3.8) is 0 Å². The summed E-state index contributed by atoms with van der Waals surface area (Å²) in [4.78, 5) is 15.8. The first-order valence-corrected chi connectivity index (χ1v) is 7.71. The smallest absolute Gasteiger partial charge is 0.306 e. The van der Waals surface area contributed by atoms with Crippen LogP contribution in [-0.2, 0) is 22.6 Å². The van der Waals surface area contributed by atoms with E-state index in [1.165, 1.54) is 30.5 Å². The van der Waals surface area contributed by atoms with E-state index in [4.69, 9.17) is 9.15 Å². The highest BCUT2D eigenvalue weighted by molar-refractivity contribution is 5.69. The van der Waals surface area contributed by atoms with Gasteiger partial charge in [-0.25, -0.2) is 13.8 Å². The molecule has 0 radical (unpaired) electrons. The van der Waals surface area contributed by atoms with E-state index >= 15 is 0 Å². The maximum atomic E-state index is 12.9. The topological polar surface area (TPSA) is 52.3 Å². The van der Waals surface area contributed by atoms with Crippen LogP contribution in [0.4, 0.5) is 8.78 Å². The Labute approximate surface area is 143 Å². The molecule has 3 aromatic rings. The zero-order chi connectivity index (χ0) is 17.6. The average Bonchev–Trinajstić information content (AvgIpc) is 3.09. The number of aromatic nitrogens is 1. The van der Waals surface area contributed by atoms with Crippen LogP contribution in [0.1, 0.15) is 17.9 Å². The molecule has 0 N–H and O–H groups in total. The van der Waals surface area contributed by atoms with Crippen LogP contribution >= 0.6 is 0 Å². The Bertz CT molecular complexity index is 842. The van der Waals surface area contributed by atoms with E-state index in [9.17, 15) is 13.6 Å². The Morgan fingerprint density at radius 1 is 1.00 bits per heavy atom. The van der Waals surface area contributed by atoms with Crippen LogP contribution in [0.2, 0.25) is 0 Å². The van der Waals surface area contributed by atoms with Crippen LogP contribution < -0.4 is 0 Å². The Morgan fingerprint density at radius 2 is 1.64 bits per heavy atom. The maximum Gasteiger partial charge on any atom is 0.306 e. The molecule has 0 aliphatic heterocycles. The van der Waals surface area contributed by atoms with Crippen LogP contribution in [0.3, 0.4) is 0 Å². The summed E-state index contributed by atoms with van der Waals surface area (Å²) < 4.78 is 36.3. The van der Waals surface area contributed by atoms with E-state index in [2.05, 4.69) is 4.98 Å². The summed E-state index contributed by atoms with van der Waals surface area (Å²) in [6.45, 7) is -0.0799. The van der Waals surface area contributed by atoms with Gasteiger partial charge in [-0.2, -0.15) is 0 Å². The SMILES string of the molecule is O=C(CCc1ccc(F)cc1)OCc1ncc(-c2ccc(F)cc2)o1. The number of aryl methyl sites for hydroxylation is 1. The van der Waals surface area contributed by atoms with Crippen molar-refractivity contribution in [1.29, 1.82) is 0 Å². The second-order valence-corrected chi connectivity index (χ2v) is 5.41. The lowest BCUT2D eigenvalue weighted by atomic mass is 10.1. The number of ether oxygens (including phenoxy) is 1. The highest BCUT2D eigenvalue weighted by Crippen LogP contribution is 2.21. The minimum atomic E-state index is -0.397. The van der Waals surface area contributed by atoms with E-state index in [1.807, 2.05) is 0 Å². The number of carbonyl (C=O) groups is 1. The number of hydrogen-bond donors (Lipinski definition) is 0. The minimum Gasteiger partial charge on any atom is -0.456 e. The molecule has 0 bridgehead atoms. The summed E-state index contributed by atoms with van der Waals surface area (Å²) in [5, 5.41) is 0. The molecule has 0 aliphatic carbocycles. The van der Waals surface area contributed by atoms with Crippen molar-refractivity contribution in [3.05, 3.63) is 77.8 Å². The molecule has 3 rings (SSSR count). The number of oxazole rings is 1. The van der Waals surface area contributed by atoms with Crippen molar-refractivity contribution in [2.24, 2.45) is 0 Å². The highest BCUT2D eigenvalue weighted by atomic mass is 19.1. The van der Waals surface area contributed by atoms with Crippen molar-refractivity contribution in [2.75, 3.05) is 0 Å². The summed E-state index contributed by atoms with van der Waals surface area (Å²) in [5.74, 6) is -0.316. The average molecular weight is 343 g/mol. The minimum absolute atomic E-state index is 0.0799. The van der Waals surface area contributed by atoms with Gasteiger partial charge in [-0.3, -0.25) is 4.79 Å². The van der Waals surface area contributed by atoms with Crippen LogP contribution in [0.25, 0.3) is 11.3 Å². The maximum absolute atomic E-state index is 12.9. The van der Waals surface area contributed by atoms with Crippen LogP contribution in [0, 0.1) is 11.6 Å². The van der Waals surface area contributed by atoms with Gasteiger partial charge in [0.15, 0.2) is 12.4 Å². The van der Waals surface area contributed by atoms with Gasteiger partial charge < -0.3 is 9.15 Å². The molecule has 0 saturated carbocycles. The quantitative estimate of drug-likeness (QED) is 0.626. The molecule has 0 amide bonds. The van der Waals surface area contributed by atoms with Crippen LogP contribution in [0.5, 0.6) is 0 Å². The molecule has 0 spiro atoms. The molecule has 25 heavy (non-hydrogen) atoms. The summed E-state index contributed by atoms with van der Waals surface area (Å²) in [7, 11) is 0. The number of hydrogen-bond acceptors (Lipinski definition) is 4. The Kier molecular flexibility index (Phi) is 5.18. The molecule has 128 valence electrons. The normalized spacial score (nSPS) is 10.6. The molecule has 2 aromatic carbocycles. The first kappa shape index (κ1) is 16.8. The predicted octanol–water partition coefficient (Wildman–Crippen LogP) is 4.30. The third kappa shape index (κ3) is 4.73. The van der Waals surface area contributed by atoms with Gasteiger partial charge in [0.05, 0.1) is 6.20 Å². The summed E-state index contributed by atoms with van der Waals surface area (Å²) in [6, 6.07) is 11.8. The second kappa shape index (κ2) is 7.70. The number of rotatable bonds is 6. The third-order valence-corrected chi connectivity index (χ3v) is 3.57. The molecule has 0 aliphatic rings. The number of carbonyl (C=O) groups excluding carboxylic acids is 1. The van der Waals surface area contributed by atoms with E-state index in [1.54, 1.807) is 24.3 Å². The zero-order valence-electron chi connectivity index (χ0n) is 13.2. The fourth-order valence-corrected chi connectivity index (χ4v) is 2.24. The number of halogens is 2. The molecular formula is C19H15F2NO3. The largest absolute Gasteiger partial charge is 0.456 e. The first-order valence-electron chi connectivity index (χ1n) is 7.71. The van der Waals surface area contributed by atoms with Crippen molar-refractivity contribution in [3.8, 4) is 11.3 Å².